The van der Waals surface area contributed by atoms with Gasteiger partial charge in [-0.15, -0.1) is 21.5 Å². The maximum atomic E-state index is 12.7. The molecule has 8 heteroatoms. The number of nitrogens with one attached hydrogen (secondary N) is 1. The Balaban J connectivity index is 1.25. The molecule has 0 bridgehead atoms. The summed E-state index contributed by atoms with van der Waals surface area (Å²) < 4.78 is 2.09. The van der Waals surface area contributed by atoms with E-state index in [4.69, 9.17) is 0 Å². The highest BCUT2D eigenvalue weighted by atomic mass is 32.2. The highest BCUT2D eigenvalue weighted by molar-refractivity contribution is 7.99. The number of aryl methyl sites for hydroxylation is 3. The quantitative estimate of drug-likeness (QED) is 0.278. The Morgan fingerprint density at radius 2 is 1.78 bits per heavy atom. The van der Waals surface area contributed by atoms with Crippen LogP contribution in [0.5, 0.6) is 0 Å². The van der Waals surface area contributed by atoms with Crippen LogP contribution in [-0.2, 0) is 30.5 Å². The Bertz CT molecular complexity index is 1370. The van der Waals surface area contributed by atoms with E-state index in [1.807, 2.05) is 36.4 Å². The van der Waals surface area contributed by atoms with Crippen LogP contribution in [0.25, 0.3) is 5.69 Å². The Morgan fingerprint density at radius 1 is 1.03 bits per heavy atom. The molecule has 2 heterocycles. The lowest BCUT2D eigenvalue weighted by molar-refractivity contribution is -0.115. The van der Waals surface area contributed by atoms with Gasteiger partial charge in [-0.05, 0) is 55.4 Å². The van der Waals surface area contributed by atoms with E-state index in [1.165, 1.54) is 22.2 Å². The predicted molar refractivity (Wildman–Crippen MR) is 145 cm³/mol. The third kappa shape index (κ3) is 5.53. The first-order valence-electron chi connectivity index (χ1n) is 12.2. The minimum Gasteiger partial charge on any atom is -0.317 e. The van der Waals surface area contributed by atoms with Crippen molar-refractivity contribution in [3.05, 3.63) is 88.1 Å². The van der Waals surface area contributed by atoms with E-state index < -0.39 is 0 Å². The van der Waals surface area contributed by atoms with Gasteiger partial charge < -0.3 is 5.32 Å². The number of thiophene rings is 1. The van der Waals surface area contributed by atoms with E-state index in [0.717, 1.165) is 60.8 Å². The van der Waals surface area contributed by atoms with Crippen LogP contribution in [0.1, 0.15) is 46.7 Å². The summed E-state index contributed by atoms with van der Waals surface area (Å²) in [5.41, 5.74) is 4.07. The number of nitriles is 1. The number of para-hydroxylation sites is 1. The van der Waals surface area contributed by atoms with Gasteiger partial charge in [0.15, 0.2) is 5.16 Å². The molecule has 1 aliphatic rings. The molecule has 0 fully saturated rings. The van der Waals surface area contributed by atoms with E-state index in [0.29, 0.717) is 22.7 Å². The minimum absolute atomic E-state index is 0.0762. The van der Waals surface area contributed by atoms with Crippen molar-refractivity contribution in [2.24, 2.45) is 0 Å². The topological polar surface area (TPSA) is 83.6 Å². The molecule has 1 aliphatic carbocycles. The molecule has 1 N–H and O–H groups in total. The lowest BCUT2D eigenvalue weighted by atomic mass is 9.96. The third-order valence-corrected chi connectivity index (χ3v) is 8.43. The molecule has 0 aliphatic heterocycles. The Morgan fingerprint density at radius 3 is 2.56 bits per heavy atom. The molecular weight excluding hydrogens is 486 g/mol. The van der Waals surface area contributed by atoms with Crippen molar-refractivity contribution in [1.29, 1.82) is 5.26 Å². The number of anilines is 1. The van der Waals surface area contributed by atoms with Crippen LogP contribution >= 0.6 is 23.1 Å². The number of hydrogen-bond donors (Lipinski definition) is 1. The summed E-state index contributed by atoms with van der Waals surface area (Å²) >= 11 is 3.09. The molecule has 6 nitrogen and oxygen atoms in total. The molecule has 2 aromatic carbocycles. The van der Waals surface area contributed by atoms with Crippen molar-refractivity contribution >= 4 is 34.0 Å². The monoisotopic (exact) mass is 513 g/mol. The zero-order chi connectivity index (χ0) is 24.7. The maximum Gasteiger partial charge on any atom is 0.225 e. The first-order valence-corrected chi connectivity index (χ1v) is 14.0. The second-order valence-corrected chi connectivity index (χ2v) is 10.9. The van der Waals surface area contributed by atoms with Crippen molar-refractivity contribution in [3.8, 4) is 11.8 Å². The molecule has 36 heavy (non-hydrogen) atoms. The first kappa shape index (κ1) is 24.3. The van der Waals surface area contributed by atoms with Gasteiger partial charge in [0, 0.05) is 29.2 Å². The fourth-order valence-corrected chi connectivity index (χ4v) is 6.65. The zero-order valence-electron chi connectivity index (χ0n) is 19.9. The van der Waals surface area contributed by atoms with Gasteiger partial charge >= 0.3 is 0 Å². The summed E-state index contributed by atoms with van der Waals surface area (Å²) in [4.78, 5) is 14.0. The van der Waals surface area contributed by atoms with Gasteiger partial charge in [0.1, 0.15) is 16.9 Å². The Hall–Kier alpha value is -3.41. The smallest absolute Gasteiger partial charge is 0.225 e. The minimum atomic E-state index is -0.0762. The Labute approximate surface area is 219 Å². The number of carbonyl (C=O) groups excluding carboxylic acids is 1. The second-order valence-electron chi connectivity index (χ2n) is 8.73. The van der Waals surface area contributed by atoms with E-state index >= 15 is 0 Å². The van der Waals surface area contributed by atoms with Crippen molar-refractivity contribution in [2.75, 3.05) is 11.1 Å². The van der Waals surface area contributed by atoms with Crippen molar-refractivity contribution < 1.29 is 4.79 Å². The molecule has 1 amide bonds. The number of aromatic nitrogens is 3. The van der Waals surface area contributed by atoms with Gasteiger partial charge in [0.2, 0.25) is 5.91 Å². The highest BCUT2D eigenvalue weighted by Gasteiger charge is 2.22. The first-order chi connectivity index (χ1) is 17.7. The van der Waals surface area contributed by atoms with Crippen LogP contribution in [0.2, 0.25) is 0 Å². The van der Waals surface area contributed by atoms with Crippen LogP contribution in [0.4, 0.5) is 5.00 Å². The van der Waals surface area contributed by atoms with Crippen molar-refractivity contribution in [1.82, 2.24) is 14.8 Å². The fourth-order valence-electron chi connectivity index (χ4n) is 4.49. The van der Waals surface area contributed by atoms with Gasteiger partial charge in [-0.2, -0.15) is 5.26 Å². The molecule has 0 spiro atoms. The summed E-state index contributed by atoms with van der Waals surface area (Å²) in [5, 5.41) is 23.1. The second kappa shape index (κ2) is 11.5. The maximum absolute atomic E-state index is 12.7. The van der Waals surface area contributed by atoms with Crippen LogP contribution in [-0.4, -0.2) is 26.4 Å². The molecule has 0 unspecified atom stereocenters. The molecule has 0 radical (unpaired) electrons. The lowest BCUT2D eigenvalue weighted by Gasteiger charge is -2.10. The van der Waals surface area contributed by atoms with Crippen LogP contribution in [0.3, 0.4) is 0 Å². The molecule has 2 aromatic heterocycles. The molecule has 0 atom stereocenters. The van der Waals surface area contributed by atoms with Gasteiger partial charge in [0.25, 0.3) is 0 Å². The van der Waals surface area contributed by atoms with Crippen molar-refractivity contribution in [3.63, 3.8) is 0 Å². The average Bonchev–Trinajstić information content (AvgIpc) is 3.48. The number of fused-ring (bicyclic) bond motifs is 1. The van der Waals surface area contributed by atoms with Gasteiger partial charge in [-0.1, -0.05) is 60.3 Å². The van der Waals surface area contributed by atoms with Gasteiger partial charge in [-0.3, -0.25) is 9.36 Å². The molecule has 5 rings (SSSR count). The van der Waals surface area contributed by atoms with E-state index in [9.17, 15) is 10.1 Å². The molecule has 182 valence electrons. The number of amides is 1. The average molecular weight is 514 g/mol. The number of benzene rings is 2. The van der Waals surface area contributed by atoms with E-state index in [2.05, 4.69) is 50.4 Å². The van der Waals surface area contributed by atoms with E-state index in [1.54, 1.807) is 11.3 Å². The number of thioether (sulfide) groups is 1. The summed E-state index contributed by atoms with van der Waals surface area (Å²) in [6, 6.07) is 22.8. The molecule has 0 saturated carbocycles. The SMILES string of the molecule is N#Cc1c(NC(=O)CCSc2nnc(CCc3ccccc3)n2-c2ccccc2)sc2c1CCCC2. The standard InChI is InChI=1S/C28H27N5OS2/c29-19-23-22-13-7-8-14-24(22)36-27(23)30-26(34)17-18-35-28-32-31-25(16-15-20-9-3-1-4-10-20)33(28)21-11-5-2-6-12-21/h1-6,9-12H,7-8,13-18H2,(H,30,34). The zero-order valence-corrected chi connectivity index (χ0v) is 21.6. The summed E-state index contributed by atoms with van der Waals surface area (Å²) in [6.45, 7) is 0. The number of nitrogens with zero attached hydrogens (tertiary/aromatic N) is 4. The predicted octanol–water partition coefficient (Wildman–Crippen LogP) is 5.99. The molecular formula is C28H27N5OS2. The number of carbonyl (C=O) groups is 1. The van der Waals surface area contributed by atoms with Crippen LogP contribution < -0.4 is 5.32 Å². The summed E-state index contributed by atoms with van der Waals surface area (Å²) in [6.07, 6.45) is 6.18. The van der Waals surface area contributed by atoms with Crippen molar-refractivity contribution in [2.45, 2.75) is 50.1 Å². The largest absolute Gasteiger partial charge is 0.317 e. The lowest BCUT2D eigenvalue weighted by Crippen LogP contribution is -2.12. The number of rotatable bonds is 9. The summed E-state index contributed by atoms with van der Waals surface area (Å²) in [7, 11) is 0. The number of hydrogen-bond acceptors (Lipinski definition) is 6. The molecule has 4 aromatic rings. The third-order valence-electron chi connectivity index (χ3n) is 6.29. The normalized spacial score (nSPS) is 12.6. The Kier molecular flexibility index (Phi) is 7.79. The fraction of sp³-hybridized carbons (Fsp3) is 0.286. The molecule has 0 saturated heterocycles. The van der Waals surface area contributed by atoms with Crippen LogP contribution in [0.15, 0.2) is 65.8 Å². The van der Waals surface area contributed by atoms with E-state index in [-0.39, 0.29) is 5.91 Å². The summed E-state index contributed by atoms with van der Waals surface area (Å²) in [5.74, 6) is 1.40. The van der Waals surface area contributed by atoms with Crippen LogP contribution in [0, 0.1) is 11.3 Å². The van der Waals surface area contributed by atoms with Gasteiger partial charge in [-0.25, -0.2) is 0 Å². The van der Waals surface area contributed by atoms with Gasteiger partial charge in [0.05, 0.1) is 5.56 Å². The highest BCUT2D eigenvalue weighted by Crippen LogP contribution is 2.37.